The summed E-state index contributed by atoms with van der Waals surface area (Å²) in [4.78, 5) is 0. The monoisotopic (exact) mass is 379 g/mol. The van der Waals surface area contributed by atoms with Gasteiger partial charge in [0.1, 0.15) is 5.75 Å². The average molecular weight is 379 g/mol. The molecule has 2 aromatic heterocycles. The number of para-hydroxylation sites is 1. The van der Waals surface area contributed by atoms with Crippen molar-refractivity contribution in [2.75, 3.05) is 6.61 Å². The molecule has 0 atom stereocenters. The number of hydrogen-bond acceptors (Lipinski definition) is 7. The van der Waals surface area contributed by atoms with Gasteiger partial charge in [-0.2, -0.15) is 0 Å². The molecule has 7 heteroatoms. The van der Waals surface area contributed by atoms with E-state index in [0.29, 0.717) is 23.5 Å². The van der Waals surface area contributed by atoms with Gasteiger partial charge in [0, 0.05) is 17.4 Å². The number of aromatic nitrogens is 3. The molecule has 2 aromatic carbocycles. The molecule has 0 unspecified atom stereocenters. The molecule has 4 aromatic rings. The molecule has 0 fully saturated rings. The zero-order valence-electron chi connectivity index (χ0n) is 14.7. The highest BCUT2D eigenvalue weighted by Gasteiger charge is 2.14. The molecule has 0 aliphatic heterocycles. The summed E-state index contributed by atoms with van der Waals surface area (Å²) in [5.41, 5.74) is 2.59. The van der Waals surface area contributed by atoms with Crippen molar-refractivity contribution >= 4 is 11.8 Å². The van der Waals surface area contributed by atoms with E-state index in [1.54, 1.807) is 0 Å². The Kier molecular flexibility index (Phi) is 5.20. The maximum absolute atomic E-state index is 5.77. The maximum Gasteiger partial charge on any atom is 0.277 e. The summed E-state index contributed by atoms with van der Waals surface area (Å²) in [5, 5.41) is 12.8. The third-order valence-electron chi connectivity index (χ3n) is 3.78. The molecule has 2 heterocycles. The van der Waals surface area contributed by atoms with Gasteiger partial charge in [0.25, 0.3) is 11.1 Å². The van der Waals surface area contributed by atoms with Gasteiger partial charge in [0.2, 0.25) is 0 Å². The van der Waals surface area contributed by atoms with Crippen molar-refractivity contribution in [3.05, 3.63) is 66.4 Å². The van der Waals surface area contributed by atoms with Crippen molar-refractivity contribution < 1.29 is 13.7 Å². The molecule has 136 valence electrons. The van der Waals surface area contributed by atoms with Crippen LogP contribution in [0.25, 0.3) is 22.8 Å². The first-order valence-electron chi connectivity index (χ1n) is 8.53. The number of hydrogen-bond donors (Lipinski definition) is 0. The van der Waals surface area contributed by atoms with Crippen molar-refractivity contribution in [1.29, 1.82) is 0 Å². The summed E-state index contributed by atoms with van der Waals surface area (Å²) in [6.45, 7) is 2.51. The van der Waals surface area contributed by atoms with E-state index in [0.717, 1.165) is 28.3 Å². The Labute approximate surface area is 160 Å². The maximum atomic E-state index is 5.77. The second-order valence-electron chi connectivity index (χ2n) is 5.64. The van der Waals surface area contributed by atoms with Crippen LogP contribution in [-0.2, 0) is 5.75 Å². The second-order valence-corrected chi connectivity index (χ2v) is 6.57. The van der Waals surface area contributed by atoms with E-state index in [1.807, 2.05) is 67.6 Å². The number of rotatable bonds is 7. The smallest absolute Gasteiger partial charge is 0.277 e. The van der Waals surface area contributed by atoms with Gasteiger partial charge in [-0.05, 0) is 19.1 Å². The summed E-state index contributed by atoms with van der Waals surface area (Å²) >= 11 is 1.41. The first kappa shape index (κ1) is 17.4. The minimum atomic E-state index is 0.437. The van der Waals surface area contributed by atoms with E-state index in [4.69, 9.17) is 13.7 Å². The molecule has 0 N–H and O–H groups in total. The molecule has 27 heavy (non-hydrogen) atoms. The molecule has 0 spiro atoms. The Morgan fingerprint density at radius 1 is 1.00 bits per heavy atom. The zero-order chi connectivity index (χ0) is 18.5. The van der Waals surface area contributed by atoms with Gasteiger partial charge in [-0.3, -0.25) is 0 Å². The van der Waals surface area contributed by atoms with Gasteiger partial charge in [0.05, 0.1) is 17.9 Å². The summed E-state index contributed by atoms with van der Waals surface area (Å²) in [6.07, 6.45) is 0. The lowest BCUT2D eigenvalue weighted by molar-refractivity contribution is 0.340. The van der Waals surface area contributed by atoms with Crippen molar-refractivity contribution in [2.24, 2.45) is 0 Å². The summed E-state index contributed by atoms with van der Waals surface area (Å²) in [7, 11) is 0. The highest BCUT2D eigenvalue weighted by Crippen LogP contribution is 2.31. The lowest BCUT2D eigenvalue weighted by atomic mass is 10.2. The zero-order valence-corrected chi connectivity index (χ0v) is 15.5. The molecule has 0 aliphatic rings. The molecular weight excluding hydrogens is 362 g/mol. The normalized spacial score (nSPS) is 10.9. The molecule has 0 aliphatic carbocycles. The van der Waals surface area contributed by atoms with Crippen LogP contribution < -0.4 is 4.74 Å². The Morgan fingerprint density at radius 2 is 1.81 bits per heavy atom. The topological polar surface area (TPSA) is 74.2 Å². The van der Waals surface area contributed by atoms with Gasteiger partial charge in [0.15, 0.2) is 5.76 Å². The lowest BCUT2D eigenvalue weighted by Gasteiger charge is -2.05. The van der Waals surface area contributed by atoms with Gasteiger partial charge in [-0.1, -0.05) is 59.4 Å². The largest absolute Gasteiger partial charge is 0.493 e. The average Bonchev–Trinajstić information content (AvgIpc) is 3.37. The van der Waals surface area contributed by atoms with Gasteiger partial charge in [-0.25, -0.2) is 0 Å². The summed E-state index contributed by atoms with van der Waals surface area (Å²) in [5.74, 6) is 2.48. The fourth-order valence-corrected chi connectivity index (χ4v) is 3.20. The van der Waals surface area contributed by atoms with E-state index in [-0.39, 0.29) is 0 Å². The molecule has 0 bridgehead atoms. The van der Waals surface area contributed by atoms with Crippen LogP contribution in [0.3, 0.4) is 0 Å². The van der Waals surface area contributed by atoms with Crippen LogP contribution in [0.4, 0.5) is 0 Å². The van der Waals surface area contributed by atoms with Crippen molar-refractivity contribution in [1.82, 2.24) is 15.4 Å². The molecule has 0 amide bonds. The lowest BCUT2D eigenvalue weighted by Crippen LogP contribution is -1.93. The van der Waals surface area contributed by atoms with Crippen LogP contribution in [-0.4, -0.2) is 22.0 Å². The van der Waals surface area contributed by atoms with Crippen LogP contribution in [0.5, 0.6) is 5.75 Å². The van der Waals surface area contributed by atoms with E-state index >= 15 is 0 Å². The first-order chi connectivity index (χ1) is 13.3. The molecule has 0 radical (unpaired) electrons. The van der Waals surface area contributed by atoms with Gasteiger partial charge >= 0.3 is 0 Å². The third-order valence-corrected chi connectivity index (χ3v) is 4.64. The second kappa shape index (κ2) is 8.09. The number of nitrogens with zero attached hydrogens (tertiary/aromatic N) is 3. The number of thioether (sulfide) groups is 1. The molecule has 0 saturated heterocycles. The van der Waals surface area contributed by atoms with Crippen LogP contribution >= 0.6 is 11.8 Å². The highest BCUT2D eigenvalue weighted by atomic mass is 32.2. The van der Waals surface area contributed by atoms with Gasteiger partial charge in [-0.15, -0.1) is 10.2 Å². The minimum Gasteiger partial charge on any atom is -0.493 e. The predicted molar refractivity (Wildman–Crippen MR) is 102 cm³/mol. The van der Waals surface area contributed by atoms with Crippen LogP contribution in [0.2, 0.25) is 0 Å². The quantitative estimate of drug-likeness (QED) is 0.414. The van der Waals surface area contributed by atoms with Crippen molar-refractivity contribution in [2.45, 2.75) is 17.9 Å². The Balaban J connectivity index is 1.44. The first-order valence-corrected chi connectivity index (χ1v) is 9.51. The molecule has 4 rings (SSSR count). The Morgan fingerprint density at radius 3 is 2.67 bits per heavy atom. The Bertz CT molecular complexity index is 1010. The van der Waals surface area contributed by atoms with Crippen molar-refractivity contribution in [3.8, 4) is 28.5 Å². The summed E-state index contributed by atoms with van der Waals surface area (Å²) in [6, 6.07) is 19.4. The van der Waals surface area contributed by atoms with Crippen molar-refractivity contribution in [3.63, 3.8) is 0 Å². The fraction of sp³-hybridized carbons (Fsp3) is 0.150. The summed E-state index contributed by atoms with van der Waals surface area (Å²) < 4.78 is 16.8. The minimum absolute atomic E-state index is 0.437. The Hall–Kier alpha value is -3.06. The van der Waals surface area contributed by atoms with E-state index in [9.17, 15) is 0 Å². The van der Waals surface area contributed by atoms with Crippen LogP contribution in [0.1, 0.15) is 12.6 Å². The van der Waals surface area contributed by atoms with E-state index in [2.05, 4.69) is 15.4 Å². The fourth-order valence-electron chi connectivity index (χ4n) is 2.56. The van der Waals surface area contributed by atoms with Gasteiger partial charge < -0.3 is 13.7 Å². The van der Waals surface area contributed by atoms with E-state index < -0.39 is 0 Å². The highest BCUT2D eigenvalue weighted by molar-refractivity contribution is 7.98. The predicted octanol–water partition coefficient (Wildman–Crippen LogP) is 5.08. The molecule has 0 saturated carbocycles. The number of benzene rings is 2. The third kappa shape index (κ3) is 4.03. The molecule has 6 nitrogen and oxygen atoms in total. The van der Waals surface area contributed by atoms with E-state index in [1.165, 1.54) is 11.8 Å². The molecular formula is C20H17N3O3S. The standard InChI is InChI=1S/C20H17N3O3S/c1-2-24-17-11-7-6-10-16(17)19-21-22-20(25-19)27-13-15-12-18(26-23-15)14-8-4-3-5-9-14/h3-12H,2,13H2,1H3. The van der Waals surface area contributed by atoms with Crippen LogP contribution in [0.15, 0.2) is 74.8 Å². The SMILES string of the molecule is CCOc1ccccc1-c1nnc(SCc2cc(-c3ccccc3)on2)o1. The van der Waals surface area contributed by atoms with Crippen LogP contribution in [0, 0.1) is 0 Å². The number of ether oxygens (including phenoxy) is 1.